The third kappa shape index (κ3) is 2.74. The highest BCUT2D eigenvalue weighted by atomic mass is 79.9. The van der Waals surface area contributed by atoms with Gasteiger partial charge in [-0.15, -0.1) is 0 Å². The van der Waals surface area contributed by atoms with Gasteiger partial charge in [-0.3, -0.25) is 4.90 Å². The second-order valence-electron chi connectivity index (χ2n) is 5.24. The van der Waals surface area contributed by atoms with E-state index in [1.54, 1.807) is 0 Å². The molecule has 2 nitrogen and oxygen atoms in total. The van der Waals surface area contributed by atoms with Crippen LogP contribution in [0, 0.1) is 5.92 Å². The summed E-state index contributed by atoms with van der Waals surface area (Å²) in [7, 11) is 0. The van der Waals surface area contributed by atoms with Crippen LogP contribution in [0.3, 0.4) is 0 Å². The molecule has 2 aliphatic rings. The Bertz CT molecular complexity index is 428. The minimum Gasteiger partial charge on any atom is -0.314 e. The number of hydrogen-bond donors (Lipinski definition) is 1. The summed E-state index contributed by atoms with van der Waals surface area (Å²) in [6.07, 6.45) is 2.74. The molecule has 1 saturated carbocycles. The molecule has 1 saturated heterocycles. The van der Waals surface area contributed by atoms with E-state index < -0.39 is 0 Å². The van der Waals surface area contributed by atoms with Gasteiger partial charge in [-0.1, -0.05) is 17.7 Å². The maximum absolute atomic E-state index is 6.10. The van der Waals surface area contributed by atoms with Crippen LogP contribution >= 0.6 is 27.5 Å². The van der Waals surface area contributed by atoms with Gasteiger partial charge in [-0.2, -0.15) is 0 Å². The molecule has 4 heteroatoms. The summed E-state index contributed by atoms with van der Waals surface area (Å²) in [5.41, 5.74) is 1.41. The Morgan fingerprint density at radius 2 is 2.00 bits per heavy atom. The van der Waals surface area contributed by atoms with Crippen molar-refractivity contribution in [2.24, 2.45) is 5.92 Å². The van der Waals surface area contributed by atoms with Crippen LogP contribution in [0.15, 0.2) is 22.7 Å². The van der Waals surface area contributed by atoms with Gasteiger partial charge in [0.15, 0.2) is 0 Å². The molecule has 98 valence electrons. The van der Waals surface area contributed by atoms with Crippen LogP contribution in [0.5, 0.6) is 0 Å². The van der Waals surface area contributed by atoms with E-state index in [4.69, 9.17) is 11.6 Å². The van der Waals surface area contributed by atoms with Crippen molar-refractivity contribution in [2.75, 3.05) is 26.2 Å². The summed E-state index contributed by atoms with van der Waals surface area (Å²) in [5.74, 6) is 0.844. The maximum Gasteiger partial charge on any atom is 0.0548 e. The van der Waals surface area contributed by atoms with Gasteiger partial charge < -0.3 is 5.32 Å². The number of rotatable bonds is 3. The fourth-order valence-corrected chi connectivity index (χ4v) is 3.36. The Balaban J connectivity index is 1.85. The highest BCUT2D eigenvalue weighted by molar-refractivity contribution is 9.10. The summed E-state index contributed by atoms with van der Waals surface area (Å²) in [6.45, 7) is 4.53. The van der Waals surface area contributed by atoms with E-state index in [0.717, 1.165) is 41.6 Å². The van der Waals surface area contributed by atoms with Crippen LogP contribution in [0.4, 0.5) is 0 Å². The van der Waals surface area contributed by atoms with Crippen molar-refractivity contribution < 1.29 is 0 Å². The molecule has 18 heavy (non-hydrogen) atoms. The Hall–Kier alpha value is -0.0900. The molecule has 0 amide bonds. The van der Waals surface area contributed by atoms with Crippen molar-refractivity contribution in [2.45, 2.75) is 18.9 Å². The number of piperazine rings is 1. The van der Waals surface area contributed by atoms with E-state index in [2.05, 4.69) is 38.3 Å². The molecular weight excluding hydrogens is 312 g/mol. The van der Waals surface area contributed by atoms with Crippen LogP contribution in [0.1, 0.15) is 24.4 Å². The summed E-state index contributed by atoms with van der Waals surface area (Å²) in [4.78, 5) is 2.63. The minimum absolute atomic E-state index is 0.584. The number of hydrogen-bond acceptors (Lipinski definition) is 2. The molecule has 3 rings (SSSR count). The minimum atomic E-state index is 0.584. The number of nitrogens with zero attached hydrogens (tertiary/aromatic N) is 1. The van der Waals surface area contributed by atoms with Gasteiger partial charge in [0.2, 0.25) is 0 Å². The zero-order valence-electron chi connectivity index (χ0n) is 10.3. The van der Waals surface area contributed by atoms with Gasteiger partial charge in [0.05, 0.1) is 5.02 Å². The van der Waals surface area contributed by atoms with Gasteiger partial charge in [-0.25, -0.2) is 0 Å². The fraction of sp³-hybridized carbons (Fsp3) is 0.571. The third-order valence-corrected chi connectivity index (χ3v) is 5.11. The van der Waals surface area contributed by atoms with Crippen molar-refractivity contribution in [3.05, 3.63) is 33.3 Å². The third-order valence-electron chi connectivity index (χ3n) is 3.90. The Kier molecular flexibility index (Phi) is 3.94. The predicted molar refractivity (Wildman–Crippen MR) is 79.1 cm³/mol. The topological polar surface area (TPSA) is 15.3 Å². The molecule has 0 aromatic heterocycles. The lowest BCUT2D eigenvalue weighted by molar-refractivity contribution is 0.156. The molecule has 0 bridgehead atoms. The van der Waals surface area contributed by atoms with Crippen LogP contribution in [-0.2, 0) is 0 Å². The first-order valence-corrected chi connectivity index (χ1v) is 7.82. The number of nitrogens with one attached hydrogen (secondary N) is 1. The average Bonchev–Trinajstić information content (AvgIpc) is 3.20. The lowest BCUT2D eigenvalue weighted by Gasteiger charge is -2.35. The lowest BCUT2D eigenvalue weighted by Crippen LogP contribution is -2.45. The first kappa shape index (κ1) is 12.9. The number of benzene rings is 1. The van der Waals surface area contributed by atoms with Crippen LogP contribution in [0.2, 0.25) is 5.02 Å². The molecule has 1 aliphatic carbocycles. The highest BCUT2D eigenvalue weighted by Gasteiger charge is 2.36. The van der Waals surface area contributed by atoms with Gasteiger partial charge in [0.1, 0.15) is 0 Å². The Morgan fingerprint density at radius 1 is 1.28 bits per heavy atom. The number of halogens is 2. The smallest absolute Gasteiger partial charge is 0.0548 e. The van der Waals surface area contributed by atoms with E-state index in [1.807, 2.05) is 6.07 Å². The monoisotopic (exact) mass is 328 g/mol. The van der Waals surface area contributed by atoms with E-state index in [1.165, 1.54) is 18.4 Å². The van der Waals surface area contributed by atoms with Crippen molar-refractivity contribution in [3.8, 4) is 0 Å². The highest BCUT2D eigenvalue weighted by Crippen LogP contribution is 2.45. The van der Waals surface area contributed by atoms with Crippen molar-refractivity contribution in [1.82, 2.24) is 10.2 Å². The van der Waals surface area contributed by atoms with E-state index in [-0.39, 0.29) is 0 Å². The van der Waals surface area contributed by atoms with Gasteiger partial charge >= 0.3 is 0 Å². The fourth-order valence-electron chi connectivity index (χ4n) is 2.85. The summed E-state index contributed by atoms with van der Waals surface area (Å²) in [5, 5.41) is 4.23. The second kappa shape index (κ2) is 5.49. The van der Waals surface area contributed by atoms with Gasteiger partial charge in [0.25, 0.3) is 0 Å². The normalized spacial score (nSPS) is 23.0. The largest absolute Gasteiger partial charge is 0.314 e. The molecule has 1 atom stereocenters. The molecule has 2 fully saturated rings. The molecular formula is C14H18BrClN2. The summed E-state index contributed by atoms with van der Waals surface area (Å²) < 4.78 is 1.02. The standard InChI is InChI=1S/C14H18BrClN2/c15-12-9-11(3-4-13(12)16)14(10-1-2-10)18-7-5-17-6-8-18/h3-4,9-10,14,17H,1-2,5-8H2/t14-/m0/s1. The molecule has 1 aromatic rings. The average molecular weight is 330 g/mol. The van der Waals surface area contributed by atoms with Crippen LogP contribution in [-0.4, -0.2) is 31.1 Å². The van der Waals surface area contributed by atoms with E-state index in [0.29, 0.717) is 6.04 Å². The predicted octanol–water partition coefficient (Wildman–Crippen LogP) is 3.46. The molecule has 0 radical (unpaired) electrons. The maximum atomic E-state index is 6.10. The second-order valence-corrected chi connectivity index (χ2v) is 6.50. The first-order valence-electron chi connectivity index (χ1n) is 6.65. The molecule has 1 N–H and O–H groups in total. The summed E-state index contributed by atoms with van der Waals surface area (Å²) >= 11 is 9.64. The van der Waals surface area contributed by atoms with Crippen molar-refractivity contribution in [1.29, 1.82) is 0 Å². The lowest BCUT2D eigenvalue weighted by atomic mass is 10.00. The molecule has 0 spiro atoms. The zero-order valence-corrected chi connectivity index (χ0v) is 12.7. The Morgan fingerprint density at radius 3 is 2.61 bits per heavy atom. The van der Waals surface area contributed by atoms with Crippen LogP contribution < -0.4 is 5.32 Å². The van der Waals surface area contributed by atoms with Crippen molar-refractivity contribution >= 4 is 27.5 Å². The summed E-state index contributed by atoms with van der Waals surface area (Å²) in [6, 6.07) is 6.99. The van der Waals surface area contributed by atoms with E-state index in [9.17, 15) is 0 Å². The molecule has 1 heterocycles. The SMILES string of the molecule is Clc1ccc([C@H](C2CC2)N2CCNCC2)cc1Br. The molecule has 0 unspecified atom stereocenters. The zero-order chi connectivity index (χ0) is 12.5. The molecule has 1 aliphatic heterocycles. The van der Waals surface area contributed by atoms with Gasteiger partial charge in [-0.05, 0) is 52.4 Å². The quantitative estimate of drug-likeness (QED) is 0.913. The first-order chi connectivity index (χ1) is 8.75. The van der Waals surface area contributed by atoms with Crippen molar-refractivity contribution in [3.63, 3.8) is 0 Å². The van der Waals surface area contributed by atoms with Crippen LogP contribution in [0.25, 0.3) is 0 Å². The molecule has 1 aromatic carbocycles. The Labute approximate surface area is 122 Å². The van der Waals surface area contributed by atoms with Gasteiger partial charge in [0, 0.05) is 36.7 Å². The van der Waals surface area contributed by atoms with E-state index >= 15 is 0 Å².